The third kappa shape index (κ3) is 4.21. The van der Waals surface area contributed by atoms with Crippen LogP contribution in [0.15, 0.2) is 65.5 Å². The molecule has 1 aliphatic rings. The minimum Gasteiger partial charge on any atom is -0.340 e. The Bertz CT molecular complexity index is 965. The van der Waals surface area contributed by atoms with Crippen molar-refractivity contribution in [3.8, 4) is 11.3 Å². The lowest BCUT2D eigenvalue weighted by atomic mass is 10.1. The Kier molecular flexibility index (Phi) is 5.23. The van der Waals surface area contributed by atoms with Crippen molar-refractivity contribution in [2.75, 3.05) is 31.1 Å². The smallest absolute Gasteiger partial charge is 0.252 e. The number of rotatable bonds is 4. The number of nitrogens with zero attached hydrogens (tertiary/aromatic N) is 3. The van der Waals surface area contributed by atoms with Gasteiger partial charge in [-0.15, -0.1) is 0 Å². The summed E-state index contributed by atoms with van der Waals surface area (Å²) in [5, 5.41) is 0.592. The van der Waals surface area contributed by atoms with Crippen LogP contribution in [0.25, 0.3) is 11.3 Å². The second-order valence-electron chi connectivity index (χ2n) is 6.68. The summed E-state index contributed by atoms with van der Waals surface area (Å²) >= 11 is 6.27. The van der Waals surface area contributed by atoms with Crippen LogP contribution in [0.4, 0.5) is 5.95 Å². The fourth-order valence-corrected chi connectivity index (χ4v) is 3.59. The Morgan fingerprint density at radius 2 is 1.67 bits per heavy atom. The van der Waals surface area contributed by atoms with Crippen molar-refractivity contribution in [3.63, 3.8) is 0 Å². The maximum Gasteiger partial charge on any atom is 0.252 e. The average molecular weight is 381 g/mol. The van der Waals surface area contributed by atoms with E-state index in [1.165, 1.54) is 11.6 Å². The quantitative estimate of drug-likeness (QED) is 0.753. The minimum atomic E-state index is -0.165. The number of aromatic amines is 1. The third-order valence-electron chi connectivity index (χ3n) is 4.80. The Morgan fingerprint density at radius 1 is 0.963 bits per heavy atom. The van der Waals surface area contributed by atoms with Crippen LogP contribution in [0, 0.1) is 0 Å². The largest absolute Gasteiger partial charge is 0.340 e. The highest BCUT2D eigenvalue weighted by Gasteiger charge is 2.19. The van der Waals surface area contributed by atoms with E-state index in [1.54, 1.807) is 0 Å². The van der Waals surface area contributed by atoms with E-state index >= 15 is 0 Å². The Morgan fingerprint density at radius 3 is 2.41 bits per heavy atom. The standard InChI is InChI=1S/C21H21ClN4O/c22-18-9-5-4-8-17(18)19-14-20(27)24-21(23-19)26-12-10-25(11-13-26)15-16-6-2-1-3-7-16/h1-9,14H,10-13,15H2,(H,23,24,27). The molecule has 0 spiro atoms. The highest BCUT2D eigenvalue weighted by atomic mass is 35.5. The fourth-order valence-electron chi connectivity index (χ4n) is 3.36. The van der Waals surface area contributed by atoms with E-state index in [1.807, 2.05) is 30.3 Å². The zero-order valence-corrected chi connectivity index (χ0v) is 15.7. The molecule has 1 fully saturated rings. The molecule has 0 radical (unpaired) electrons. The number of H-pyrrole nitrogens is 1. The fraction of sp³-hybridized carbons (Fsp3) is 0.238. The Hall–Kier alpha value is -2.63. The van der Waals surface area contributed by atoms with Crippen LogP contribution in [-0.4, -0.2) is 41.0 Å². The molecule has 1 aromatic heterocycles. The van der Waals surface area contributed by atoms with Gasteiger partial charge in [0, 0.05) is 49.4 Å². The van der Waals surface area contributed by atoms with Crippen LogP contribution in [0.3, 0.4) is 0 Å². The molecule has 0 aliphatic carbocycles. The summed E-state index contributed by atoms with van der Waals surface area (Å²) in [4.78, 5) is 24.2. The van der Waals surface area contributed by atoms with E-state index in [0.29, 0.717) is 16.7 Å². The van der Waals surface area contributed by atoms with E-state index in [-0.39, 0.29) is 5.56 Å². The SMILES string of the molecule is O=c1cc(-c2ccccc2Cl)nc(N2CCN(Cc3ccccc3)CC2)[nH]1. The monoisotopic (exact) mass is 380 g/mol. The van der Waals surface area contributed by atoms with Gasteiger partial charge >= 0.3 is 0 Å². The zero-order chi connectivity index (χ0) is 18.6. The van der Waals surface area contributed by atoms with Crippen LogP contribution in [0.2, 0.25) is 5.02 Å². The van der Waals surface area contributed by atoms with Crippen molar-refractivity contribution in [2.45, 2.75) is 6.54 Å². The molecule has 0 saturated carbocycles. The van der Waals surface area contributed by atoms with Crippen LogP contribution < -0.4 is 10.5 Å². The Balaban J connectivity index is 1.49. The molecule has 0 amide bonds. The molecule has 1 aliphatic heterocycles. The van der Waals surface area contributed by atoms with Crippen molar-refractivity contribution in [2.24, 2.45) is 0 Å². The van der Waals surface area contributed by atoms with E-state index < -0.39 is 0 Å². The molecule has 0 unspecified atom stereocenters. The normalized spacial score (nSPS) is 15.1. The van der Waals surface area contributed by atoms with Crippen molar-refractivity contribution in [3.05, 3.63) is 81.6 Å². The van der Waals surface area contributed by atoms with Gasteiger partial charge in [0.1, 0.15) is 0 Å². The van der Waals surface area contributed by atoms with Gasteiger partial charge in [-0.2, -0.15) is 0 Å². The number of benzene rings is 2. The second-order valence-corrected chi connectivity index (χ2v) is 7.09. The molecular formula is C21H21ClN4O. The number of piperazine rings is 1. The van der Waals surface area contributed by atoms with Crippen molar-refractivity contribution < 1.29 is 0 Å². The van der Waals surface area contributed by atoms with Gasteiger partial charge in [0.25, 0.3) is 5.56 Å². The molecule has 2 heterocycles. The number of aromatic nitrogens is 2. The number of anilines is 1. The summed E-state index contributed by atoms with van der Waals surface area (Å²) in [5.41, 5.74) is 2.53. The summed E-state index contributed by atoms with van der Waals surface area (Å²) in [7, 11) is 0. The van der Waals surface area contributed by atoms with Gasteiger partial charge in [-0.05, 0) is 11.6 Å². The topological polar surface area (TPSA) is 52.2 Å². The number of hydrogen-bond acceptors (Lipinski definition) is 4. The summed E-state index contributed by atoms with van der Waals surface area (Å²) in [6.45, 7) is 4.44. The first-order chi connectivity index (χ1) is 13.2. The van der Waals surface area contributed by atoms with Gasteiger partial charge < -0.3 is 4.90 Å². The van der Waals surface area contributed by atoms with Gasteiger partial charge in [-0.3, -0.25) is 14.7 Å². The summed E-state index contributed by atoms with van der Waals surface area (Å²) in [6.07, 6.45) is 0. The highest BCUT2D eigenvalue weighted by Crippen LogP contribution is 2.26. The van der Waals surface area contributed by atoms with Crippen molar-refractivity contribution >= 4 is 17.5 Å². The lowest BCUT2D eigenvalue weighted by Crippen LogP contribution is -2.47. The zero-order valence-electron chi connectivity index (χ0n) is 14.9. The lowest BCUT2D eigenvalue weighted by molar-refractivity contribution is 0.248. The summed E-state index contributed by atoms with van der Waals surface area (Å²) in [5.74, 6) is 0.608. The van der Waals surface area contributed by atoms with Crippen LogP contribution in [0.5, 0.6) is 0 Å². The van der Waals surface area contributed by atoms with Gasteiger partial charge in [-0.1, -0.05) is 60.1 Å². The maximum atomic E-state index is 12.2. The van der Waals surface area contributed by atoms with E-state index in [0.717, 1.165) is 38.3 Å². The summed E-state index contributed by atoms with van der Waals surface area (Å²) in [6, 6.07) is 19.4. The third-order valence-corrected chi connectivity index (χ3v) is 5.13. The van der Waals surface area contributed by atoms with Crippen LogP contribution in [0.1, 0.15) is 5.56 Å². The van der Waals surface area contributed by atoms with E-state index in [4.69, 9.17) is 11.6 Å². The first kappa shape index (κ1) is 17.8. The molecular weight excluding hydrogens is 360 g/mol. The molecule has 1 saturated heterocycles. The first-order valence-electron chi connectivity index (χ1n) is 9.06. The first-order valence-corrected chi connectivity index (χ1v) is 9.44. The van der Waals surface area contributed by atoms with Gasteiger partial charge in [0.05, 0.1) is 5.69 Å². The molecule has 6 heteroatoms. The average Bonchev–Trinajstić information content (AvgIpc) is 2.69. The Labute approximate surface area is 163 Å². The van der Waals surface area contributed by atoms with E-state index in [2.05, 4.69) is 44.0 Å². The minimum absolute atomic E-state index is 0.165. The number of nitrogens with one attached hydrogen (secondary N) is 1. The van der Waals surface area contributed by atoms with Gasteiger partial charge in [-0.25, -0.2) is 4.98 Å². The molecule has 3 aromatic rings. The van der Waals surface area contributed by atoms with Crippen LogP contribution >= 0.6 is 11.6 Å². The predicted molar refractivity (Wildman–Crippen MR) is 109 cm³/mol. The molecule has 5 nitrogen and oxygen atoms in total. The molecule has 4 rings (SSSR count). The summed E-state index contributed by atoms with van der Waals surface area (Å²) < 4.78 is 0. The molecule has 27 heavy (non-hydrogen) atoms. The molecule has 2 aromatic carbocycles. The lowest BCUT2D eigenvalue weighted by Gasteiger charge is -2.35. The predicted octanol–water partition coefficient (Wildman–Crippen LogP) is 3.41. The van der Waals surface area contributed by atoms with Crippen molar-refractivity contribution in [1.29, 1.82) is 0 Å². The van der Waals surface area contributed by atoms with E-state index in [9.17, 15) is 4.79 Å². The molecule has 138 valence electrons. The van der Waals surface area contributed by atoms with Gasteiger partial charge in [0.2, 0.25) is 5.95 Å². The molecule has 0 atom stereocenters. The molecule has 0 bridgehead atoms. The van der Waals surface area contributed by atoms with Crippen LogP contribution in [-0.2, 0) is 6.54 Å². The highest BCUT2D eigenvalue weighted by molar-refractivity contribution is 6.33. The molecule has 1 N–H and O–H groups in total. The number of halogens is 1. The second kappa shape index (κ2) is 7.94. The number of hydrogen-bond donors (Lipinski definition) is 1. The van der Waals surface area contributed by atoms with Crippen molar-refractivity contribution in [1.82, 2.24) is 14.9 Å². The van der Waals surface area contributed by atoms with Gasteiger partial charge in [0.15, 0.2) is 0 Å². The maximum absolute atomic E-state index is 12.2.